The lowest BCUT2D eigenvalue weighted by Gasteiger charge is -2.22. The van der Waals surface area contributed by atoms with Crippen molar-refractivity contribution < 1.29 is 22.7 Å². The van der Waals surface area contributed by atoms with Gasteiger partial charge in [-0.1, -0.05) is 6.92 Å². The van der Waals surface area contributed by atoms with Crippen molar-refractivity contribution in [3.63, 3.8) is 0 Å². The zero-order valence-electron chi connectivity index (χ0n) is 11.2. The van der Waals surface area contributed by atoms with E-state index in [1.54, 1.807) is 4.90 Å². The molecule has 1 aliphatic rings. The third kappa shape index (κ3) is 3.33. The first-order chi connectivity index (χ1) is 9.41. The van der Waals surface area contributed by atoms with Crippen LogP contribution in [0.25, 0.3) is 0 Å². The highest BCUT2D eigenvalue weighted by atomic mass is 19.4. The normalized spacial score (nSPS) is 20.8. The van der Waals surface area contributed by atoms with Gasteiger partial charge in [0.25, 0.3) is 5.91 Å². The highest BCUT2D eigenvalue weighted by molar-refractivity contribution is 5.94. The number of aromatic amines is 1. The van der Waals surface area contributed by atoms with Crippen LogP contribution in [0.4, 0.5) is 13.2 Å². The fraction of sp³-hybridized carbons (Fsp3) is 0.615. The van der Waals surface area contributed by atoms with Gasteiger partial charge in [-0.3, -0.25) is 4.79 Å². The molecule has 1 fully saturated rings. The van der Waals surface area contributed by atoms with E-state index < -0.39 is 11.9 Å². The Bertz CT molecular complexity index is 470. The molecule has 0 spiro atoms. The number of hydrogen-bond acceptors (Lipinski definition) is 2. The second kappa shape index (κ2) is 5.87. The van der Waals surface area contributed by atoms with E-state index in [0.717, 1.165) is 18.7 Å². The standard InChI is InChI=1S/C13H17F3N2O2/c1-2-10-8-18(4-3-5-20-10)12(19)9-6-11(17-7-9)13(14,15)16/h6-7,10,17H,2-5,8H2,1H3/t10-/m0/s1. The van der Waals surface area contributed by atoms with E-state index >= 15 is 0 Å². The van der Waals surface area contributed by atoms with Crippen LogP contribution < -0.4 is 0 Å². The molecule has 0 aliphatic carbocycles. The molecular weight excluding hydrogens is 273 g/mol. The number of H-pyrrole nitrogens is 1. The average molecular weight is 290 g/mol. The van der Waals surface area contributed by atoms with Gasteiger partial charge in [-0.15, -0.1) is 0 Å². The Morgan fingerprint density at radius 3 is 2.90 bits per heavy atom. The molecular formula is C13H17F3N2O2. The largest absolute Gasteiger partial charge is 0.431 e. The summed E-state index contributed by atoms with van der Waals surface area (Å²) in [5.74, 6) is -0.388. The van der Waals surface area contributed by atoms with Crippen molar-refractivity contribution in [3.8, 4) is 0 Å². The molecule has 4 nitrogen and oxygen atoms in total. The number of carbonyl (C=O) groups excluding carboxylic acids is 1. The first-order valence-corrected chi connectivity index (χ1v) is 6.58. The molecule has 1 aromatic rings. The topological polar surface area (TPSA) is 45.3 Å². The molecule has 1 aromatic heterocycles. The fourth-order valence-electron chi connectivity index (χ4n) is 2.19. The van der Waals surface area contributed by atoms with E-state index in [9.17, 15) is 18.0 Å². The smallest absolute Gasteiger partial charge is 0.376 e. The van der Waals surface area contributed by atoms with Crippen molar-refractivity contribution in [1.82, 2.24) is 9.88 Å². The minimum atomic E-state index is -4.47. The van der Waals surface area contributed by atoms with Crippen LogP contribution in [0.1, 0.15) is 35.8 Å². The monoisotopic (exact) mass is 290 g/mol. The summed E-state index contributed by atoms with van der Waals surface area (Å²) in [6, 6.07) is 0.856. The van der Waals surface area contributed by atoms with Gasteiger partial charge in [0.1, 0.15) is 5.69 Å². The summed E-state index contributed by atoms with van der Waals surface area (Å²) in [4.78, 5) is 15.9. The maximum Gasteiger partial charge on any atom is 0.431 e. The molecule has 0 saturated carbocycles. The van der Waals surface area contributed by atoms with Gasteiger partial charge in [-0.05, 0) is 18.9 Å². The zero-order chi connectivity index (χ0) is 14.8. The minimum absolute atomic E-state index is 0.0362. The number of halogens is 3. The zero-order valence-corrected chi connectivity index (χ0v) is 11.2. The van der Waals surface area contributed by atoms with Crippen LogP contribution in [-0.4, -0.2) is 41.6 Å². The number of rotatable bonds is 2. The molecule has 0 aromatic carbocycles. The first kappa shape index (κ1) is 14.9. The van der Waals surface area contributed by atoms with Crippen LogP contribution in [0.5, 0.6) is 0 Å². The number of nitrogens with one attached hydrogen (secondary N) is 1. The highest BCUT2D eigenvalue weighted by Gasteiger charge is 2.33. The van der Waals surface area contributed by atoms with Crippen molar-refractivity contribution in [2.24, 2.45) is 0 Å². The van der Waals surface area contributed by atoms with E-state index in [2.05, 4.69) is 4.98 Å². The van der Waals surface area contributed by atoms with Crippen molar-refractivity contribution in [2.75, 3.05) is 19.7 Å². The lowest BCUT2D eigenvalue weighted by molar-refractivity contribution is -0.140. The number of alkyl halides is 3. The molecule has 2 heterocycles. The molecule has 1 saturated heterocycles. The quantitative estimate of drug-likeness (QED) is 0.910. The van der Waals surface area contributed by atoms with Gasteiger partial charge >= 0.3 is 6.18 Å². The summed E-state index contributed by atoms with van der Waals surface area (Å²) in [6.07, 6.45) is -1.95. The van der Waals surface area contributed by atoms with Crippen LogP contribution in [-0.2, 0) is 10.9 Å². The summed E-state index contributed by atoms with van der Waals surface area (Å²) >= 11 is 0. The molecule has 7 heteroatoms. The fourth-order valence-corrected chi connectivity index (χ4v) is 2.19. The summed E-state index contributed by atoms with van der Waals surface area (Å²) in [7, 11) is 0. The maximum atomic E-state index is 12.5. The third-order valence-electron chi connectivity index (χ3n) is 3.33. The molecule has 0 unspecified atom stereocenters. The molecule has 20 heavy (non-hydrogen) atoms. The first-order valence-electron chi connectivity index (χ1n) is 6.58. The molecule has 1 atom stereocenters. The number of carbonyl (C=O) groups is 1. The van der Waals surface area contributed by atoms with Gasteiger partial charge in [0.15, 0.2) is 0 Å². The summed E-state index contributed by atoms with van der Waals surface area (Å²) in [5, 5.41) is 0. The summed E-state index contributed by atoms with van der Waals surface area (Å²) in [5.41, 5.74) is -0.868. The Hall–Kier alpha value is -1.50. The summed E-state index contributed by atoms with van der Waals surface area (Å²) < 4.78 is 43.1. The van der Waals surface area contributed by atoms with Gasteiger partial charge in [-0.25, -0.2) is 0 Å². The van der Waals surface area contributed by atoms with E-state index in [4.69, 9.17) is 4.74 Å². The van der Waals surface area contributed by atoms with Crippen LogP contribution in [0, 0.1) is 0 Å². The minimum Gasteiger partial charge on any atom is -0.376 e. The van der Waals surface area contributed by atoms with Crippen LogP contribution in [0.3, 0.4) is 0 Å². The predicted molar refractivity (Wildman–Crippen MR) is 66.3 cm³/mol. The molecule has 1 amide bonds. The van der Waals surface area contributed by atoms with E-state index in [1.165, 1.54) is 0 Å². The van der Waals surface area contributed by atoms with Crippen LogP contribution in [0.2, 0.25) is 0 Å². The Kier molecular flexibility index (Phi) is 4.37. The van der Waals surface area contributed by atoms with Crippen molar-refractivity contribution in [2.45, 2.75) is 32.0 Å². The number of ether oxygens (including phenoxy) is 1. The molecule has 0 bridgehead atoms. The second-order valence-electron chi connectivity index (χ2n) is 4.81. The van der Waals surface area contributed by atoms with Gasteiger partial charge in [0, 0.05) is 25.9 Å². The van der Waals surface area contributed by atoms with E-state index in [1.807, 2.05) is 6.92 Å². The molecule has 112 valence electrons. The van der Waals surface area contributed by atoms with Crippen LogP contribution in [0.15, 0.2) is 12.3 Å². The predicted octanol–water partition coefficient (Wildman–Crippen LogP) is 2.67. The van der Waals surface area contributed by atoms with Crippen molar-refractivity contribution in [3.05, 3.63) is 23.5 Å². The van der Waals surface area contributed by atoms with Gasteiger partial charge in [-0.2, -0.15) is 13.2 Å². The lowest BCUT2D eigenvalue weighted by Crippen LogP contribution is -2.36. The van der Waals surface area contributed by atoms with Gasteiger partial charge in [0.05, 0.1) is 11.7 Å². The Morgan fingerprint density at radius 2 is 2.30 bits per heavy atom. The lowest BCUT2D eigenvalue weighted by atomic mass is 10.2. The molecule has 0 radical (unpaired) electrons. The number of aromatic nitrogens is 1. The summed E-state index contributed by atoms with van der Waals surface area (Å²) in [6.45, 7) is 3.45. The third-order valence-corrected chi connectivity index (χ3v) is 3.33. The SMILES string of the molecule is CC[C@H]1CN(C(=O)c2c[nH]c(C(F)(F)F)c2)CCCO1. The Labute approximate surface area is 114 Å². The van der Waals surface area contributed by atoms with E-state index in [-0.39, 0.29) is 17.6 Å². The van der Waals surface area contributed by atoms with Crippen molar-refractivity contribution in [1.29, 1.82) is 0 Å². The number of nitrogens with zero attached hydrogens (tertiary/aromatic N) is 1. The molecule has 2 rings (SSSR count). The number of amides is 1. The Morgan fingerprint density at radius 1 is 1.55 bits per heavy atom. The van der Waals surface area contributed by atoms with Crippen LogP contribution >= 0.6 is 0 Å². The van der Waals surface area contributed by atoms with Gasteiger partial charge < -0.3 is 14.6 Å². The van der Waals surface area contributed by atoms with E-state index in [0.29, 0.717) is 26.1 Å². The Balaban J connectivity index is 2.11. The number of hydrogen-bond donors (Lipinski definition) is 1. The average Bonchev–Trinajstić information content (AvgIpc) is 2.77. The highest BCUT2D eigenvalue weighted by Crippen LogP contribution is 2.28. The maximum absolute atomic E-state index is 12.5. The van der Waals surface area contributed by atoms with Crippen molar-refractivity contribution >= 4 is 5.91 Å². The van der Waals surface area contributed by atoms with Gasteiger partial charge in [0.2, 0.25) is 0 Å². The molecule has 1 aliphatic heterocycles. The molecule has 1 N–H and O–H groups in total. The second-order valence-corrected chi connectivity index (χ2v) is 4.81.